The van der Waals surface area contributed by atoms with Crippen LogP contribution in [0, 0.1) is 6.57 Å². The quantitative estimate of drug-likeness (QED) is 0.617. The number of rotatable bonds is 2. The summed E-state index contributed by atoms with van der Waals surface area (Å²) in [6, 6.07) is 15.6. The van der Waals surface area contributed by atoms with Gasteiger partial charge in [0.2, 0.25) is 0 Å². The summed E-state index contributed by atoms with van der Waals surface area (Å²) >= 11 is 0. The van der Waals surface area contributed by atoms with Gasteiger partial charge in [0, 0.05) is 5.69 Å². The minimum Gasteiger partial charge on any atom is -0.278 e. The van der Waals surface area contributed by atoms with Crippen LogP contribution in [0.5, 0.6) is 0 Å². The van der Waals surface area contributed by atoms with E-state index in [-0.39, 0.29) is 11.9 Å². The van der Waals surface area contributed by atoms with Gasteiger partial charge in [-0.3, -0.25) is 9.69 Å². The van der Waals surface area contributed by atoms with Gasteiger partial charge in [-0.1, -0.05) is 30.3 Å². The third-order valence-corrected chi connectivity index (χ3v) is 4.84. The van der Waals surface area contributed by atoms with Crippen LogP contribution in [-0.2, 0) is 4.79 Å². The van der Waals surface area contributed by atoms with Crippen molar-refractivity contribution in [3.05, 3.63) is 66.0 Å². The maximum absolute atomic E-state index is 13.1. The molecule has 0 bridgehead atoms. The van der Waals surface area contributed by atoms with E-state index in [0.29, 0.717) is 24.2 Å². The van der Waals surface area contributed by atoms with Crippen molar-refractivity contribution < 1.29 is 9.59 Å². The lowest BCUT2D eigenvalue weighted by Crippen LogP contribution is -2.55. The van der Waals surface area contributed by atoms with Gasteiger partial charge in [-0.15, -0.1) is 0 Å². The van der Waals surface area contributed by atoms with E-state index in [0.717, 1.165) is 12.1 Å². The third-order valence-electron chi connectivity index (χ3n) is 4.84. The summed E-state index contributed by atoms with van der Waals surface area (Å²) in [5.74, 6) is -0.168. The van der Waals surface area contributed by atoms with Crippen LogP contribution in [-0.4, -0.2) is 17.5 Å². The fourth-order valence-electron chi connectivity index (χ4n) is 3.46. The van der Waals surface area contributed by atoms with Crippen molar-refractivity contribution in [2.45, 2.75) is 24.8 Å². The number of para-hydroxylation sites is 1. The number of nitrogens with zero attached hydrogens (tertiary/aromatic N) is 3. The van der Waals surface area contributed by atoms with Gasteiger partial charge in [0.1, 0.15) is 5.54 Å². The number of hydrogen-bond acceptors (Lipinski definition) is 2. The van der Waals surface area contributed by atoms with Crippen LogP contribution in [0.1, 0.15) is 19.3 Å². The molecule has 1 saturated heterocycles. The Morgan fingerprint density at radius 3 is 2.12 bits per heavy atom. The van der Waals surface area contributed by atoms with Gasteiger partial charge in [0.25, 0.3) is 5.91 Å². The van der Waals surface area contributed by atoms with Gasteiger partial charge in [-0.25, -0.2) is 14.5 Å². The van der Waals surface area contributed by atoms with E-state index < -0.39 is 5.54 Å². The van der Waals surface area contributed by atoms with Gasteiger partial charge in [0.05, 0.1) is 12.3 Å². The lowest BCUT2D eigenvalue weighted by Gasteiger charge is -2.42. The predicted octanol–water partition coefficient (Wildman–Crippen LogP) is 4.13. The van der Waals surface area contributed by atoms with Crippen molar-refractivity contribution in [2.75, 3.05) is 9.80 Å². The smallest absolute Gasteiger partial charge is 0.278 e. The fraction of sp³-hybridized carbons (Fsp3) is 0.211. The molecule has 0 radical (unpaired) electrons. The van der Waals surface area contributed by atoms with Crippen molar-refractivity contribution in [3.8, 4) is 0 Å². The molecule has 0 aromatic heterocycles. The second-order valence-corrected chi connectivity index (χ2v) is 6.11. The van der Waals surface area contributed by atoms with Crippen molar-refractivity contribution in [1.82, 2.24) is 0 Å². The Bertz CT molecular complexity index is 848. The van der Waals surface area contributed by atoms with Gasteiger partial charge < -0.3 is 0 Å². The third kappa shape index (κ3) is 1.86. The van der Waals surface area contributed by atoms with Gasteiger partial charge in [-0.2, -0.15) is 0 Å². The Labute approximate surface area is 139 Å². The molecule has 5 heteroatoms. The first-order chi connectivity index (χ1) is 11.7. The minimum absolute atomic E-state index is 0.168. The molecule has 5 nitrogen and oxygen atoms in total. The van der Waals surface area contributed by atoms with Crippen molar-refractivity contribution in [3.63, 3.8) is 0 Å². The normalized spacial score (nSPS) is 18.6. The molecule has 2 aliphatic rings. The Balaban J connectivity index is 1.79. The summed E-state index contributed by atoms with van der Waals surface area (Å²) < 4.78 is 0. The Kier molecular flexibility index (Phi) is 3.14. The second kappa shape index (κ2) is 5.20. The molecule has 1 aliphatic heterocycles. The highest BCUT2D eigenvalue weighted by molar-refractivity contribution is 6.30. The Hall–Kier alpha value is -3.13. The van der Waals surface area contributed by atoms with Crippen LogP contribution in [0.2, 0.25) is 0 Å². The maximum atomic E-state index is 13.1. The van der Waals surface area contributed by atoms with E-state index in [1.807, 2.05) is 30.3 Å². The molecule has 4 rings (SSSR count). The average molecular weight is 317 g/mol. The van der Waals surface area contributed by atoms with Gasteiger partial charge in [-0.05, 0) is 43.5 Å². The number of imide groups is 1. The minimum atomic E-state index is -0.753. The molecular formula is C19H15N3O2. The summed E-state index contributed by atoms with van der Waals surface area (Å²) in [5.41, 5.74) is 0.991. The van der Waals surface area contributed by atoms with E-state index in [1.165, 1.54) is 4.90 Å². The summed E-state index contributed by atoms with van der Waals surface area (Å²) in [6.45, 7) is 7.02. The first kappa shape index (κ1) is 14.5. The number of amides is 3. The summed E-state index contributed by atoms with van der Waals surface area (Å²) in [6.07, 6.45) is 2.30. The summed E-state index contributed by atoms with van der Waals surface area (Å²) in [4.78, 5) is 32.3. The highest BCUT2D eigenvalue weighted by Gasteiger charge is 2.61. The highest BCUT2D eigenvalue weighted by atomic mass is 16.2. The first-order valence-electron chi connectivity index (χ1n) is 7.89. The number of anilines is 2. The van der Waals surface area contributed by atoms with Crippen LogP contribution in [0.15, 0.2) is 54.6 Å². The second-order valence-electron chi connectivity index (χ2n) is 6.11. The van der Waals surface area contributed by atoms with Crippen LogP contribution < -0.4 is 9.80 Å². The van der Waals surface area contributed by atoms with Crippen LogP contribution in [0.3, 0.4) is 0 Å². The number of carbonyl (C=O) groups excluding carboxylic acids is 2. The largest absolute Gasteiger partial charge is 0.336 e. The van der Waals surface area contributed by atoms with Gasteiger partial charge >= 0.3 is 6.03 Å². The molecule has 2 aromatic rings. The topological polar surface area (TPSA) is 45.0 Å². The van der Waals surface area contributed by atoms with E-state index in [9.17, 15) is 9.59 Å². The molecule has 2 fully saturated rings. The standard InChI is InChI=1S/C19H15N3O2/c1-20-14-8-10-15(11-9-14)21-17(23)19(12-5-13-19)22(18(21)24)16-6-3-2-4-7-16/h2-4,6-11H,5,12-13H2. The number of carbonyl (C=O) groups is 2. The molecule has 118 valence electrons. The lowest BCUT2D eigenvalue weighted by molar-refractivity contribution is -0.123. The van der Waals surface area contributed by atoms with E-state index in [2.05, 4.69) is 4.85 Å². The lowest BCUT2D eigenvalue weighted by atomic mass is 9.75. The summed E-state index contributed by atoms with van der Waals surface area (Å²) in [5, 5.41) is 0. The Morgan fingerprint density at radius 1 is 0.917 bits per heavy atom. The van der Waals surface area contributed by atoms with Crippen molar-refractivity contribution >= 4 is 29.0 Å². The molecule has 1 heterocycles. The molecule has 2 aromatic carbocycles. The fourth-order valence-corrected chi connectivity index (χ4v) is 3.46. The van der Waals surface area contributed by atoms with E-state index >= 15 is 0 Å². The molecule has 0 unspecified atom stereocenters. The molecule has 1 aliphatic carbocycles. The number of hydrogen-bond donors (Lipinski definition) is 0. The maximum Gasteiger partial charge on any atom is 0.336 e. The number of urea groups is 1. The molecule has 1 saturated carbocycles. The van der Waals surface area contributed by atoms with Crippen molar-refractivity contribution in [1.29, 1.82) is 0 Å². The van der Waals surface area contributed by atoms with E-state index in [4.69, 9.17) is 6.57 Å². The SMILES string of the molecule is [C-]#[N+]c1ccc(N2C(=O)N(c3ccccc3)C3(CCC3)C2=O)cc1. The highest BCUT2D eigenvalue weighted by Crippen LogP contribution is 2.47. The summed E-state index contributed by atoms with van der Waals surface area (Å²) in [7, 11) is 0. The van der Waals surface area contributed by atoms with E-state index in [1.54, 1.807) is 29.2 Å². The first-order valence-corrected chi connectivity index (χ1v) is 7.89. The molecule has 0 atom stereocenters. The van der Waals surface area contributed by atoms with Crippen molar-refractivity contribution in [2.24, 2.45) is 0 Å². The molecule has 0 N–H and O–H groups in total. The average Bonchev–Trinajstić information content (AvgIpc) is 2.83. The predicted molar refractivity (Wildman–Crippen MR) is 91.1 cm³/mol. The molecule has 24 heavy (non-hydrogen) atoms. The molecule has 3 amide bonds. The molecular weight excluding hydrogens is 302 g/mol. The zero-order valence-electron chi connectivity index (χ0n) is 13.0. The van der Waals surface area contributed by atoms with Crippen LogP contribution >= 0.6 is 0 Å². The van der Waals surface area contributed by atoms with Crippen LogP contribution in [0.25, 0.3) is 4.85 Å². The molecule has 1 spiro atoms. The Morgan fingerprint density at radius 2 is 1.58 bits per heavy atom. The zero-order valence-corrected chi connectivity index (χ0v) is 13.0. The zero-order chi connectivity index (χ0) is 16.7. The van der Waals surface area contributed by atoms with Gasteiger partial charge in [0.15, 0.2) is 5.69 Å². The number of benzene rings is 2. The van der Waals surface area contributed by atoms with Crippen LogP contribution in [0.4, 0.5) is 21.9 Å². The monoisotopic (exact) mass is 317 g/mol.